The van der Waals surface area contributed by atoms with Crippen LogP contribution in [0.15, 0.2) is 70.2 Å². The van der Waals surface area contributed by atoms with Gasteiger partial charge in [-0.15, -0.1) is 0 Å². The van der Waals surface area contributed by atoms with Gasteiger partial charge >= 0.3 is 0 Å². The standard InChI is InChI=1S/C20H17N3O5S/c24-19-11-13-10-15(7-8-17(13)22-19)29(26,27)23-18-6-2-1-5-16(18)20(25)21-12-14-4-3-9-28-14/h1-10,23H,11-12H2,(H,21,25)(H,22,24). The average molecular weight is 411 g/mol. The Morgan fingerprint density at radius 3 is 2.72 bits per heavy atom. The molecule has 2 amide bonds. The predicted octanol–water partition coefficient (Wildman–Crippen LogP) is 2.51. The van der Waals surface area contributed by atoms with Crippen molar-refractivity contribution in [3.8, 4) is 0 Å². The molecule has 0 spiro atoms. The molecule has 1 aliphatic rings. The van der Waals surface area contributed by atoms with E-state index in [-0.39, 0.29) is 35.0 Å². The molecule has 2 aromatic carbocycles. The number of carbonyl (C=O) groups is 2. The fraction of sp³-hybridized carbons (Fsp3) is 0.100. The number of sulfonamides is 1. The third-order valence-corrected chi connectivity index (χ3v) is 5.79. The summed E-state index contributed by atoms with van der Waals surface area (Å²) in [4.78, 5) is 24.0. The predicted molar refractivity (Wildman–Crippen MR) is 106 cm³/mol. The zero-order chi connectivity index (χ0) is 20.4. The number of benzene rings is 2. The number of anilines is 2. The molecule has 8 nitrogen and oxygen atoms in total. The molecular formula is C20H17N3O5S. The lowest BCUT2D eigenvalue weighted by molar-refractivity contribution is -0.115. The average Bonchev–Trinajstić information content (AvgIpc) is 3.34. The Morgan fingerprint density at radius 1 is 1.10 bits per heavy atom. The minimum absolute atomic E-state index is 0.0125. The van der Waals surface area contributed by atoms with Gasteiger partial charge < -0.3 is 15.1 Å². The maximum Gasteiger partial charge on any atom is 0.261 e. The van der Waals surface area contributed by atoms with Gasteiger partial charge in [-0.25, -0.2) is 8.42 Å². The first-order valence-electron chi connectivity index (χ1n) is 8.77. The van der Waals surface area contributed by atoms with Crippen LogP contribution in [0.1, 0.15) is 21.7 Å². The molecule has 0 saturated carbocycles. The maximum atomic E-state index is 12.8. The second-order valence-corrected chi connectivity index (χ2v) is 8.14. The lowest BCUT2D eigenvalue weighted by Gasteiger charge is -2.13. The first-order chi connectivity index (χ1) is 13.9. The van der Waals surface area contributed by atoms with Crippen LogP contribution in [0.2, 0.25) is 0 Å². The van der Waals surface area contributed by atoms with E-state index in [4.69, 9.17) is 4.42 Å². The van der Waals surface area contributed by atoms with E-state index in [0.29, 0.717) is 17.0 Å². The molecule has 0 unspecified atom stereocenters. The summed E-state index contributed by atoms with van der Waals surface area (Å²) in [7, 11) is -3.95. The molecule has 3 N–H and O–H groups in total. The van der Waals surface area contributed by atoms with Gasteiger partial charge in [0.1, 0.15) is 5.76 Å². The quantitative estimate of drug-likeness (QED) is 0.576. The highest BCUT2D eigenvalue weighted by Crippen LogP contribution is 2.27. The van der Waals surface area contributed by atoms with Crippen molar-refractivity contribution in [2.24, 2.45) is 0 Å². The second kappa shape index (κ2) is 7.44. The van der Waals surface area contributed by atoms with Crippen molar-refractivity contribution in [2.45, 2.75) is 17.9 Å². The van der Waals surface area contributed by atoms with E-state index in [1.807, 2.05) is 0 Å². The number of rotatable bonds is 6. The fourth-order valence-corrected chi connectivity index (χ4v) is 4.15. The first kappa shape index (κ1) is 18.8. The highest BCUT2D eigenvalue weighted by molar-refractivity contribution is 7.92. The monoisotopic (exact) mass is 411 g/mol. The Labute approximate surface area is 167 Å². The fourth-order valence-electron chi connectivity index (χ4n) is 3.02. The number of amides is 2. The Balaban J connectivity index is 1.55. The van der Waals surface area contributed by atoms with Gasteiger partial charge in [-0.3, -0.25) is 14.3 Å². The van der Waals surface area contributed by atoms with Crippen LogP contribution >= 0.6 is 0 Å². The second-order valence-electron chi connectivity index (χ2n) is 6.46. The summed E-state index contributed by atoms with van der Waals surface area (Å²) in [6.07, 6.45) is 1.63. The summed E-state index contributed by atoms with van der Waals surface area (Å²) in [5.74, 6) is -0.0396. The molecule has 1 aliphatic heterocycles. The van der Waals surface area contributed by atoms with E-state index >= 15 is 0 Å². The number of carbonyl (C=O) groups excluding carboxylic acids is 2. The van der Waals surface area contributed by atoms with E-state index in [0.717, 1.165) is 0 Å². The van der Waals surface area contributed by atoms with Crippen molar-refractivity contribution in [2.75, 3.05) is 10.0 Å². The van der Waals surface area contributed by atoms with Gasteiger partial charge in [-0.05, 0) is 48.0 Å². The molecule has 3 aromatic rings. The van der Waals surface area contributed by atoms with E-state index < -0.39 is 15.9 Å². The lowest BCUT2D eigenvalue weighted by Crippen LogP contribution is -2.24. The van der Waals surface area contributed by atoms with Crippen molar-refractivity contribution < 1.29 is 22.4 Å². The van der Waals surface area contributed by atoms with E-state index in [1.54, 1.807) is 30.3 Å². The maximum absolute atomic E-state index is 12.8. The molecule has 0 aliphatic carbocycles. The van der Waals surface area contributed by atoms with Crippen LogP contribution in [0, 0.1) is 0 Å². The van der Waals surface area contributed by atoms with Crippen molar-refractivity contribution in [3.05, 3.63) is 77.7 Å². The zero-order valence-electron chi connectivity index (χ0n) is 15.1. The highest BCUT2D eigenvalue weighted by atomic mass is 32.2. The number of fused-ring (bicyclic) bond motifs is 1. The molecule has 9 heteroatoms. The van der Waals surface area contributed by atoms with Gasteiger partial charge in [0.2, 0.25) is 5.91 Å². The molecule has 0 fully saturated rings. The minimum Gasteiger partial charge on any atom is -0.467 e. The smallest absolute Gasteiger partial charge is 0.261 e. The molecule has 1 aromatic heterocycles. The van der Waals surface area contributed by atoms with Crippen LogP contribution in [0.4, 0.5) is 11.4 Å². The van der Waals surface area contributed by atoms with Gasteiger partial charge in [0.25, 0.3) is 15.9 Å². The number of furan rings is 1. The Morgan fingerprint density at radius 2 is 1.93 bits per heavy atom. The SMILES string of the molecule is O=C1Cc2cc(S(=O)(=O)Nc3ccccc3C(=O)NCc3ccco3)ccc2N1. The van der Waals surface area contributed by atoms with Crippen LogP contribution < -0.4 is 15.4 Å². The van der Waals surface area contributed by atoms with Crippen LogP contribution in [0.3, 0.4) is 0 Å². The molecule has 0 radical (unpaired) electrons. The Kier molecular flexibility index (Phi) is 4.81. The molecule has 0 bridgehead atoms. The van der Waals surface area contributed by atoms with Gasteiger partial charge in [-0.2, -0.15) is 0 Å². The molecule has 0 atom stereocenters. The molecule has 4 rings (SSSR count). The van der Waals surface area contributed by atoms with Crippen molar-refractivity contribution in [1.29, 1.82) is 0 Å². The minimum atomic E-state index is -3.95. The van der Waals surface area contributed by atoms with Gasteiger partial charge in [0.05, 0.1) is 35.4 Å². The Hall–Kier alpha value is -3.59. The molecule has 29 heavy (non-hydrogen) atoms. The number of hydrogen-bond acceptors (Lipinski definition) is 5. The zero-order valence-corrected chi connectivity index (χ0v) is 16.0. The van der Waals surface area contributed by atoms with Gasteiger partial charge in [0.15, 0.2) is 0 Å². The molecule has 2 heterocycles. The number of nitrogens with one attached hydrogen (secondary N) is 3. The van der Waals surface area contributed by atoms with E-state index in [1.165, 1.54) is 30.5 Å². The third kappa shape index (κ3) is 3.99. The van der Waals surface area contributed by atoms with Crippen LogP contribution in [0.25, 0.3) is 0 Å². The van der Waals surface area contributed by atoms with E-state index in [9.17, 15) is 18.0 Å². The number of hydrogen-bond donors (Lipinski definition) is 3. The first-order valence-corrected chi connectivity index (χ1v) is 10.3. The topological polar surface area (TPSA) is 118 Å². The summed E-state index contributed by atoms with van der Waals surface area (Å²) in [5.41, 5.74) is 1.55. The summed E-state index contributed by atoms with van der Waals surface area (Å²) < 4.78 is 33.3. The number of para-hydroxylation sites is 1. The highest BCUT2D eigenvalue weighted by Gasteiger charge is 2.23. The largest absolute Gasteiger partial charge is 0.467 e. The van der Waals surface area contributed by atoms with Crippen LogP contribution in [0.5, 0.6) is 0 Å². The van der Waals surface area contributed by atoms with E-state index in [2.05, 4.69) is 15.4 Å². The van der Waals surface area contributed by atoms with Gasteiger partial charge in [0, 0.05) is 5.69 Å². The van der Waals surface area contributed by atoms with Crippen LogP contribution in [-0.2, 0) is 27.8 Å². The summed E-state index contributed by atoms with van der Waals surface area (Å²) in [6.45, 7) is 0.179. The molecule has 148 valence electrons. The van der Waals surface area contributed by atoms with Crippen molar-refractivity contribution in [3.63, 3.8) is 0 Å². The van der Waals surface area contributed by atoms with Crippen molar-refractivity contribution in [1.82, 2.24) is 5.32 Å². The summed E-state index contributed by atoms with van der Waals surface area (Å²) >= 11 is 0. The normalized spacial score (nSPS) is 12.9. The van der Waals surface area contributed by atoms with Gasteiger partial charge in [-0.1, -0.05) is 12.1 Å². The molecular weight excluding hydrogens is 394 g/mol. The summed E-state index contributed by atoms with van der Waals surface area (Å²) in [5, 5.41) is 5.35. The Bertz CT molecular complexity index is 1190. The van der Waals surface area contributed by atoms with Crippen LogP contribution in [-0.4, -0.2) is 20.2 Å². The van der Waals surface area contributed by atoms with Crippen molar-refractivity contribution >= 4 is 33.2 Å². The summed E-state index contributed by atoms with van der Waals surface area (Å²) in [6, 6.07) is 14.2. The third-order valence-electron chi connectivity index (χ3n) is 4.43. The lowest BCUT2D eigenvalue weighted by atomic mass is 10.1. The molecule has 0 saturated heterocycles.